The second-order valence-corrected chi connectivity index (χ2v) is 1.65. The molecule has 0 aromatic carbocycles. The summed E-state index contributed by atoms with van der Waals surface area (Å²) in [4.78, 5) is 23.4. The summed E-state index contributed by atoms with van der Waals surface area (Å²) in [6.45, 7) is 3.47. The Morgan fingerprint density at radius 3 is 2.80 bits per heavy atom. The van der Waals surface area contributed by atoms with E-state index in [4.69, 9.17) is 0 Å². The number of esters is 1. The molecule has 4 heteroatoms. The van der Waals surface area contributed by atoms with Crippen molar-refractivity contribution in [3.05, 3.63) is 0 Å². The van der Waals surface area contributed by atoms with Gasteiger partial charge in [0, 0.05) is 0 Å². The molecule has 0 radical (unpaired) electrons. The number of hydrogen-bond acceptors (Lipinski definition) is 4. The van der Waals surface area contributed by atoms with Crippen molar-refractivity contribution in [2.24, 2.45) is 4.99 Å². The SMILES string of the molecule is CCOC(=O)[C@H](C)N=C=O. The zero-order valence-electron chi connectivity index (χ0n) is 5.96. The summed E-state index contributed by atoms with van der Waals surface area (Å²) in [5, 5.41) is 0. The third-order valence-corrected chi connectivity index (χ3v) is 0.874. The lowest BCUT2D eigenvalue weighted by Gasteiger charge is -2.01. The first kappa shape index (κ1) is 8.85. The molecular weight excluding hydrogens is 134 g/mol. The van der Waals surface area contributed by atoms with Crippen molar-refractivity contribution in [3.8, 4) is 0 Å². The van der Waals surface area contributed by atoms with Crippen LogP contribution in [0.1, 0.15) is 13.8 Å². The number of aliphatic imine (C=N–C) groups is 1. The number of carbonyl (C=O) groups is 1. The van der Waals surface area contributed by atoms with Crippen molar-refractivity contribution in [1.29, 1.82) is 0 Å². The van der Waals surface area contributed by atoms with Crippen LogP contribution in [-0.2, 0) is 14.3 Å². The topological polar surface area (TPSA) is 55.7 Å². The van der Waals surface area contributed by atoms with Crippen LogP contribution in [0.15, 0.2) is 4.99 Å². The number of rotatable bonds is 3. The molecule has 0 aliphatic heterocycles. The summed E-state index contributed by atoms with van der Waals surface area (Å²) in [6, 6.07) is -0.725. The molecule has 0 aliphatic carbocycles. The largest absolute Gasteiger partial charge is 0.464 e. The summed E-state index contributed by atoms with van der Waals surface area (Å²) in [6.07, 6.45) is 1.28. The van der Waals surface area contributed by atoms with E-state index >= 15 is 0 Å². The smallest absolute Gasteiger partial charge is 0.331 e. The molecule has 56 valence electrons. The molecule has 0 amide bonds. The van der Waals surface area contributed by atoms with Gasteiger partial charge in [0.1, 0.15) is 0 Å². The van der Waals surface area contributed by atoms with Crippen molar-refractivity contribution < 1.29 is 14.3 Å². The highest BCUT2D eigenvalue weighted by Gasteiger charge is 2.10. The van der Waals surface area contributed by atoms with Crippen LogP contribution in [-0.4, -0.2) is 24.7 Å². The maximum atomic E-state index is 10.6. The lowest BCUT2D eigenvalue weighted by molar-refractivity contribution is -0.144. The summed E-state index contributed by atoms with van der Waals surface area (Å²) in [7, 11) is 0. The minimum atomic E-state index is -0.725. The Hall–Kier alpha value is -1.15. The van der Waals surface area contributed by atoms with Crippen LogP contribution in [0.5, 0.6) is 0 Å². The van der Waals surface area contributed by atoms with Crippen molar-refractivity contribution in [2.75, 3.05) is 6.61 Å². The highest BCUT2D eigenvalue weighted by Crippen LogP contribution is 1.91. The molecule has 0 saturated heterocycles. The van der Waals surface area contributed by atoms with Crippen molar-refractivity contribution >= 4 is 12.0 Å². The molecule has 0 rings (SSSR count). The van der Waals surface area contributed by atoms with Gasteiger partial charge in [-0.3, -0.25) is 0 Å². The van der Waals surface area contributed by atoms with Gasteiger partial charge in [0.05, 0.1) is 6.61 Å². The molecule has 0 aliphatic rings. The predicted octanol–water partition coefficient (Wildman–Crippen LogP) is 0.274. The number of hydrogen-bond donors (Lipinski definition) is 0. The first-order valence-corrected chi connectivity index (χ1v) is 2.96. The molecule has 0 unspecified atom stereocenters. The first-order valence-electron chi connectivity index (χ1n) is 2.96. The maximum absolute atomic E-state index is 10.6. The Bertz CT molecular complexity index is 160. The molecule has 0 saturated carbocycles. The van der Waals surface area contributed by atoms with Gasteiger partial charge in [-0.05, 0) is 13.8 Å². The molecule has 0 N–H and O–H groups in total. The number of nitrogens with zero attached hydrogens (tertiary/aromatic N) is 1. The minimum absolute atomic E-state index is 0.303. The maximum Gasteiger partial charge on any atom is 0.331 e. The number of ether oxygens (including phenoxy) is 1. The zero-order chi connectivity index (χ0) is 7.98. The normalized spacial score (nSPS) is 11.4. The van der Waals surface area contributed by atoms with E-state index in [0.717, 1.165) is 0 Å². The van der Waals surface area contributed by atoms with E-state index < -0.39 is 12.0 Å². The molecule has 1 atom stereocenters. The van der Waals surface area contributed by atoms with Crippen LogP contribution in [0.2, 0.25) is 0 Å². The van der Waals surface area contributed by atoms with Gasteiger partial charge in [-0.2, -0.15) is 4.99 Å². The Morgan fingerprint density at radius 2 is 2.40 bits per heavy atom. The molecule has 0 spiro atoms. The molecular formula is C6H9NO3. The second-order valence-electron chi connectivity index (χ2n) is 1.65. The van der Waals surface area contributed by atoms with Gasteiger partial charge in [0.2, 0.25) is 6.08 Å². The quantitative estimate of drug-likeness (QED) is 0.324. The van der Waals surface area contributed by atoms with Crippen LogP contribution in [0, 0.1) is 0 Å². The van der Waals surface area contributed by atoms with Crippen LogP contribution in [0.25, 0.3) is 0 Å². The molecule has 10 heavy (non-hydrogen) atoms. The number of carbonyl (C=O) groups excluding carboxylic acids is 2. The number of isocyanates is 1. The van der Waals surface area contributed by atoms with Crippen molar-refractivity contribution in [2.45, 2.75) is 19.9 Å². The summed E-state index contributed by atoms with van der Waals surface area (Å²) >= 11 is 0. The average molecular weight is 143 g/mol. The summed E-state index contributed by atoms with van der Waals surface area (Å²) in [5.74, 6) is -0.495. The van der Waals surface area contributed by atoms with E-state index in [1.165, 1.54) is 13.0 Å². The molecule has 4 nitrogen and oxygen atoms in total. The third-order valence-electron chi connectivity index (χ3n) is 0.874. The summed E-state index contributed by atoms with van der Waals surface area (Å²) < 4.78 is 4.54. The van der Waals surface area contributed by atoms with E-state index in [1.54, 1.807) is 6.92 Å². The molecule has 0 bridgehead atoms. The highest BCUT2D eigenvalue weighted by molar-refractivity contribution is 5.76. The lowest BCUT2D eigenvalue weighted by Crippen LogP contribution is -2.17. The fourth-order valence-electron chi connectivity index (χ4n) is 0.395. The lowest BCUT2D eigenvalue weighted by atomic mass is 10.4. The van der Waals surface area contributed by atoms with Gasteiger partial charge >= 0.3 is 5.97 Å². The van der Waals surface area contributed by atoms with Crippen LogP contribution in [0.3, 0.4) is 0 Å². The average Bonchev–Trinajstić information content (AvgIpc) is 1.89. The predicted molar refractivity (Wildman–Crippen MR) is 34.2 cm³/mol. The van der Waals surface area contributed by atoms with Gasteiger partial charge in [0.15, 0.2) is 6.04 Å². The highest BCUT2D eigenvalue weighted by atomic mass is 16.5. The molecule has 0 aromatic heterocycles. The van der Waals surface area contributed by atoms with E-state index in [1.807, 2.05) is 0 Å². The van der Waals surface area contributed by atoms with Gasteiger partial charge in [0.25, 0.3) is 0 Å². The Balaban J connectivity index is 3.81. The first-order chi connectivity index (χ1) is 4.72. The van der Waals surface area contributed by atoms with Crippen LogP contribution >= 0.6 is 0 Å². The second kappa shape index (κ2) is 4.70. The fraction of sp³-hybridized carbons (Fsp3) is 0.667. The fourth-order valence-corrected chi connectivity index (χ4v) is 0.395. The third kappa shape index (κ3) is 2.99. The van der Waals surface area contributed by atoms with Crippen LogP contribution < -0.4 is 0 Å². The Kier molecular flexibility index (Phi) is 4.16. The van der Waals surface area contributed by atoms with Gasteiger partial charge in [-0.15, -0.1) is 0 Å². The van der Waals surface area contributed by atoms with E-state index in [2.05, 4.69) is 9.73 Å². The minimum Gasteiger partial charge on any atom is -0.464 e. The monoisotopic (exact) mass is 143 g/mol. The van der Waals surface area contributed by atoms with Gasteiger partial charge in [-0.25, -0.2) is 9.59 Å². The Morgan fingerprint density at radius 1 is 1.80 bits per heavy atom. The van der Waals surface area contributed by atoms with E-state index in [9.17, 15) is 9.59 Å². The van der Waals surface area contributed by atoms with Crippen molar-refractivity contribution in [1.82, 2.24) is 0 Å². The van der Waals surface area contributed by atoms with Crippen molar-refractivity contribution in [3.63, 3.8) is 0 Å². The molecule has 0 fully saturated rings. The molecule has 0 aromatic rings. The summed E-state index contributed by atoms with van der Waals surface area (Å²) in [5.41, 5.74) is 0. The van der Waals surface area contributed by atoms with Gasteiger partial charge in [-0.1, -0.05) is 0 Å². The Labute approximate surface area is 58.9 Å². The molecule has 0 heterocycles. The van der Waals surface area contributed by atoms with E-state index in [0.29, 0.717) is 6.61 Å². The van der Waals surface area contributed by atoms with E-state index in [-0.39, 0.29) is 0 Å². The zero-order valence-corrected chi connectivity index (χ0v) is 5.96. The standard InChI is InChI=1S/C6H9NO3/c1-3-10-6(9)5(2)7-4-8/h5H,3H2,1-2H3/t5-/m0/s1. The van der Waals surface area contributed by atoms with Crippen LogP contribution in [0.4, 0.5) is 0 Å². The van der Waals surface area contributed by atoms with Gasteiger partial charge < -0.3 is 4.74 Å².